The highest BCUT2D eigenvalue weighted by molar-refractivity contribution is 7.91. The van der Waals surface area contributed by atoms with Crippen LogP contribution in [0.1, 0.15) is 18.0 Å². The number of hydrogen-bond acceptors (Lipinski definition) is 3. The fraction of sp³-hybridized carbons (Fsp3) is 0.200. The highest BCUT2D eigenvalue weighted by Gasteiger charge is 2.30. The van der Waals surface area contributed by atoms with Gasteiger partial charge in [0.1, 0.15) is 11.6 Å². The molecule has 0 saturated heterocycles. The summed E-state index contributed by atoms with van der Waals surface area (Å²) in [7, 11) is -3.28. The molecule has 0 aliphatic carbocycles. The van der Waals surface area contributed by atoms with Crippen molar-refractivity contribution in [2.45, 2.75) is 17.4 Å². The Morgan fingerprint density at radius 2 is 1.86 bits per heavy atom. The van der Waals surface area contributed by atoms with Gasteiger partial charge in [0.25, 0.3) is 0 Å². The molecule has 0 spiro atoms. The van der Waals surface area contributed by atoms with Crippen molar-refractivity contribution in [3.63, 3.8) is 0 Å². The smallest absolute Gasteiger partial charge is 0.178 e. The van der Waals surface area contributed by atoms with Gasteiger partial charge in [-0.05, 0) is 30.2 Å². The van der Waals surface area contributed by atoms with Crippen molar-refractivity contribution in [3.05, 3.63) is 59.7 Å². The lowest BCUT2D eigenvalue weighted by molar-refractivity contribution is 0.570. The topological polar surface area (TPSA) is 46.2 Å². The second-order valence-electron chi connectivity index (χ2n) is 4.97. The van der Waals surface area contributed by atoms with Crippen molar-refractivity contribution in [2.75, 3.05) is 11.1 Å². The Morgan fingerprint density at radius 3 is 2.62 bits per heavy atom. The first-order chi connectivity index (χ1) is 9.97. The van der Waals surface area contributed by atoms with Crippen LogP contribution in [0.15, 0.2) is 47.4 Å². The van der Waals surface area contributed by atoms with E-state index in [-0.39, 0.29) is 22.4 Å². The van der Waals surface area contributed by atoms with Crippen LogP contribution in [0.4, 0.5) is 14.5 Å². The van der Waals surface area contributed by atoms with Crippen molar-refractivity contribution in [3.8, 4) is 0 Å². The van der Waals surface area contributed by atoms with E-state index in [1.165, 1.54) is 6.07 Å². The van der Waals surface area contributed by atoms with Gasteiger partial charge in [-0.25, -0.2) is 17.2 Å². The molecule has 3 rings (SSSR count). The highest BCUT2D eigenvalue weighted by atomic mass is 32.2. The first-order valence-electron chi connectivity index (χ1n) is 6.51. The van der Waals surface area contributed by atoms with Crippen LogP contribution in [0.2, 0.25) is 0 Å². The molecule has 1 aliphatic rings. The molecule has 2 aromatic carbocycles. The zero-order chi connectivity index (χ0) is 15.0. The predicted molar refractivity (Wildman–Crippen MR) is 75.8 cm³/mol. The standard InChI is InChI=1S/C15H13F2NO2S/c16-10-5-6-14(12(17)9-10)18-13-7-8-21(19,20)15-4-2-1-3-11(13)15/h1-6,9,13,18H,7-8H2. The van der Waals surface area contributed by atoms with Crippen LogP contribution in [0.3, 0.4) is 0 Å². The number of sulfone groups is 1. The maximum Gasteiger partial charge on any atom is 0.178 e. The van der Waals surface area contributed by atoms with Gasteiger partial charge in [0, 0.05) is 6.07 Å². The molecule has 0 bridgehead atoms. The molecule has 3 nitrogen and oxygen atoms in total. The average Bonchev–Trinajstić information content (AvgIpc) is 2.45. The summed E-state index contributed by atoms with van der Waals surface area (Å²) in [5.41, 5.74) is 0.781. The van der Waals surface area contributed by atoms with Crippen molar-refractivity contribution >= 4 is 15.5 Å². The molecule has 1 N–H and O–H groups in total. The molecule has 6 heteroatoms. The average molecular weight is 309 g/mol. The Labute approximate surface area is 121 Å². The molecule has 1 unspecified atom stereocenters. The van der Waals surface area contributed by atoms with Crippen LogP contribution < -0.4 is 5.32 Å². The van der Waals surface area contributed by atoms with E-state index in [0.717, 1.165) is 12.1 Å². The maximum absolute atomic E-state index is 13.7. The molecular weight excluding hydrogens is 296 g/mol. The van der Waals surface area contributed by atoms with Gasteiger partial charge in [0.2, 0.25) is 0 Å². The minimum atomic E-state index is -3.28. The normalized spacial score (nSPS) is 19.8. The van der Waals surface area contributed by atoms with Crippen LogP contribution >= 0.6 is 0 Å². The quantitative estimate of drug-likeness (QED) is 0.926. The van der Waals surface area contributed by atoms with Crippen LogP contribution in [0.5, 0.6) is 0 Å². The molecule has 1 heterocycles. The second kappa shape index (κ2) is 5.11. The number of benzene rings is 2. The minimum absolute atomic E-state index is 0.00446. The van der Waals surface area contributed by atoms with Gasteiger partial charge >= 0.3 is 0 Å². The molecule has 1 atom stereocenters. The number of nitrogens with one attached hydrogen (secondary N) is 1. The molecule has 0 aromatic heterocycles. The summed E-state index contributed by atoms with van der Waals surface area (Å²) in [6.07, 6.45) is 0.343. The third kappa shape index (κ3) is 2.63. The Morgan fingerprint density at radius 1 is 1.10 bits per heavy atom. The minimum Gasteiger partial charge on any atom is -0.376 e. The SMILES string of the molecule is O=S1(=O)CCC(Nc2ccc(F)cc2F)c2ccccc21. The van der Waals surface area contributed by atoms with Gasteiger partial charge in [-0.2, -0.15) is 0 Å². The van der Waals surface area contributed by atoms with E-state index in [0.29, 0.717) is 12.0 Å². The Bertz CT molecular complexity index is 790. The molecule has 2 aromatic rings. The van der Waals surface area contributed by atoms with Gasteiger partial charge < -0.3 is 5.32 Å². The van der Waals surface area contributed by atoms with Crippen LogP contribution in [0.25, 0.3) is 0 Å². The van der Waals surface area contributed by atoms with E-state index in [1.807, 2.05) is 0 Å². The highest BCUT2D eigenvalue weighted by Crippen LogP contribution is 2.34. The number of halogens is 2. The monoisotopic (exact) mass is 309 g/mol. The lowest BCUT2D eigenvalue weighted by atomic mass is 10.0. The fourth-order valence-electron chi connectivity index (χ4n) is 2.53. The molecule has 110 valence electrons. The zero-order valence-electron chi connectivity index (χ0n) is 11.0. The van der Waals surface area contributed by atoms with E-state index < -0.39 is 21.5 Å². The molecule has 0 fully saturated rings. The van der Waals surface area contributed by atoms with Crippen molar-refractivity contribution in [2.24, 2.45) is 0 Å². The van der Waals surface area contributed by atoms with E-state index in [9.17, 15) is 17.2 Å². The summed E-state index contributed by atoms with van der Waals surface area (Å²) in [5, 5.41) is 2.96. The summed E-state index contributed by atoms with van der Waals surface area (Å²) in [6.45, 7) is 0. The third-order valence-electron chi connectivity index (χ3n) is 3.57. The van der Waals surface area contributed by atoms with Gasteiger partial charge in [0.15, 0.2) is 9.84 Å². The van der Waals surface area contributed by atoms with Crippen LogP contribution in [-0.2, 0) is 9.84 Å². The first-order valence-corrected chi connectivity index (χ1v) is 8.16. The lowest BCUT2D eigenvalue weighted by Gasteiger charge is -2.27. The van der Waals surface area contributed by atoms with Crippen molar-refractivity contribution in [1.82, 2.24) is 0 Å². The molecule has 21 heavy (non-hydrogen) atoms. The van der Waals surface area contributed by atoms with Crippen molar-refractivity contribution < 1.29 is 17.2 Å². The Hall–Kier alpha value is -1.95. The fourth-order valence-corrected chi connectivity index (χ4v) is 4.16. The number of hydrogen-bond donors (Lipinski definition) is 1. The molecule has 0 amide bonds. The lowest BCUT2D eigenvalue weighted by Crippen LogP contribution is -2.24. The molecular formula is C15H13F2NO2S. The van der Waals surface area contributed by atoms with E-state index in [4.69, 9.17) is 0 Å². The largest absolute Gasteiger partial charge is 0.376 e. The van der Waals surface area contributed by atoms with E-state index in [1.54, 1.807) is 24.3 Å². The van der Waals surface area contributed by atoms with Crippen LogP contribution in [0, 0.1) is 11.6 Å². The molecule has 0 saturated carbocycles. The summed E-state index contributed by atoms with van der Waals surface area (Å²) in [6, 6.07) is 9.64. The predicted octanol–water partition coefficient (Wildman–Crippen LogP) is 3.30. The summed E-state index contributed by atoms with van der Waals surface area (Å²) in [4.78, 5) is 0.274. The van der Waals surface area contributed by atoms with Gasteiger partial charge in [-0.1, -0.05) is 18.2 Å². The molecule has 0 radical (unpaired) electrons. The summed E-state index contributed by atoms with van der Waals surface area (Å²) in [5.74, 6) is -1.34. The Kier molecular flexibility index (Phi) is 3.41. The Balaban J connectivity index is 1.97. The number of fused-ring (bicyclic) bond motifs is 1. The van der Waals surface area contributed by atoms with E-state index >= 15 is 0 Å². The van der Waals surface area contributed by atoms with Gasteiger partial charge in [-0.15, -0.1) is 0 Å². The summed E-state index contributed by atoms with van der Waals surface area (Å²) < 4.78 is 50.7. The second-order valence-corrected chi connectivity index (χ2v) is 7.04. The number of rotatable bonds is 2. The zero-order valence-corrected chi connectivity index (χ0v) is 11.8. The summed E-state index contributed by atoms with van der Waals surface area (Å²) >= 11 is 0. The van der Waals surface area contributed by atoms with Gasteiger partial charge in [0.05, 0.1) is 22.4 Å². The van der Waals surface area contributed by atoms with Crippen LogP contribution in [-0.4, -0.2) is 14.2 Å². The van der Waals surface area contributed by atoms with E-state index in [2.05, 4.69) is 5.32 Å². The maximum atomic E-state index is 13.7. The van der Waals surface area contributed by atoms with Crippen molar-refractivity contribution in [1.29, 1.82) is 0 Å². The molecule has 1 aliphatic heterocycles. The third-order valence-corrected chi connectivity index (χ3v) is 5.38. The van der Waals surface area contributed by atoms with Gasteiger partial charge in [-0.3, -0.25) is 0 Å². The number of anilines is 1. The first kappa shape index (κ1) is 14.0.